The van der Waals surface area contributed by atoms with Crippen LogP contribution in [-0.4, -0.2) is 32.3 Å². The fraction of sp³-hybridized carbons (Fsp3) is 0.556. The first-order valence-corrected chi connectivity index (χ1v) is 9.31. The summed E-state index contributed by atoms with van der Waals surface area (Å²) in [5.74, 6) is 0. The maximum atomic E-state index is 12.4. The summed E-state index contributed by atoms with van der Waals surface area (Å²) >= 11 is 5.94. The molecule has 0 aromatic carbocycles. The van der Waals surface area contributed by atoms with Crippen LogP contribution in [0.4, 0.5) is 4.79 Å². The van der Waals surface area contributed by atoms with Gasteiger partial charge in [0.25, 0.3) is 0 Å². The first-order chi connectivity index (χ1) is 12.6. The molecule has 2 heterocycles. The number of hydrogen-bond acceptors (Lipinski definition) is 5. The molecule has 2 aromatic rings. The van der Waals surface area contributed by atoms with E-state index in [0.717, 1.165) is 0 Å². The number of fused-ring (bicyclic) bond motifs is 1. The summed E-state index contributed by atoms with van der Waals surface area (Å²) in [5.41, 5.74) is -1.03. The molecular formula is C18H23ClN4O4. The first kappa shape index (κ1) is 19.4. The highest BCUT2D eigenvalue weighted by Gasteiger charge is 2.27. The van der Waals surface area contributed by atoms with Crippen molar-refractivity contribution < 1.29 is 9.53 Å². The molecule has 0 aliphatic heterocycles. The second kappa shape index (κ2) is 7.34. The number of carbonyl (C=O) groups excluding carboxylic acids is 1. The third kappa shape index (κ3) is 4.50. The van der Waals surface area contributed by atoms with Gasteiger partial charge in [-0.15, -0.1) is 0 Å². The van der Waals surface area contributed by atoms with Crippen molar-refractivity contribution in [2.75, 3.05) is 0 Å². The van der Waals surface area contributed by atoms with Gasteiger partial charge in [0.1, 0.15) is 5.60 Å². The van der Waals surface area contributed by atoms with E-state index in [1.54, 1.807) is 6.07 Å². The number of nitrogens with zero attached hydrogens (tertiary/aromatic N) is 2. The van der Waals surface area contributed by atoms with Crippen molar-refractivity contribution in [2.24, 2.45) is 0 Å². The van der Waals surface area contributed by atoms with E-state index in [4.69, 9.17) is 16.3 Å². The lowest BCUT2D eigenvalue weighted by atomic mass is 9.91. The molecule has 9 heteroatoms. The van der Waals surface area contributed by atoms with Crippen molar-refractivity contribution in [3.63, 3.8) is 0 Å². The molecule has 1 fully saturated rings. The molecule has 2 N–H and O–H groups in total. The summed E-state index contributed by atoms with van der Waals surface area (Å²) in [6.07, 6.45) is 3.65. The maximum Gasteiger partial charge on any atom is 0.407 e. The van der Waals surface area contributed by atoms with Crippen LogP contribution in [0.15, 0.2) is 21.9 Å². The number of alkyl carbamates (subject to hydrolysis) is 1. The molecule has 0 unspecified atom stereocenters. The molecule has 1 aliphatic carbocycles. The number of rotatable bonds is 2. The molecule has 0 atom stereocenters. The minimum absolute atomic E-state index is 0.0255. The number of amides is 1. The summed E-state index contributed by atoms with van der Waals surface area (Å²) in [4.78, 5) is 43.1. The molecule has 1 amide bonds. The summed E-state index contributed by atoms with van der Waals surface area (Å²) in [7, 11) is 0. The smallest absolute Gasteiger partial charge is 0.407 e. The first-order valence-electron chi connectivity index (χ1n) is 8.93. The van der Waals surface area contributed by atoms with E-state index in [1.165, 1.54) is 10.8 Å². The number of H-pyrrole nitrogens is 1. The monoisotopic (exact) mass is 394 g/mol. The molecule has 0 saturated heterocycles. The summed E-state index contributed by atoms with van der Waals surface area (Å²) < 4.78 is 6.73. The average Bonchev–Trinajstić information content (AvgIpc) is 2.55. The fourth-order valence-electron chi connectivity index (χ4n) is 3.39. The van der Waals surface area contributed by atoms with Crippen LogP contribution in [0.25, 0.3) is 11.2 Å². The van der Waals surface area contributed by atoms with Crippen LogP contribution in [-0.2, 0) is 4.74 Å². The number of hydrogen-bond donors (Lipinski definition) is 2. The lowest BCUT2D eigenvalue weighted by Crippen LogP contribution is -2.43. The Labute approximate surface area is 160 Å². The third-order valence-electron chi connectivity index (χ3n) is 4.51. The summed E-state index contributed by atoms with van der Waals surface area (Å²) in [5, 5.41) is 3.25. The highest BCUT2D eigenvalue weighted by Crippen LogP contribution is 2.29. The van der Waals surface area contributed by atoms with Crippen molar-refractivity contribution in [2.45, 2.75) is 64.1 Å². The van der Waals surface area contributed by atoms with Gasteiger partial charge in [-0.3, -0.25) is 14.2 Å². The zero-order chi connectivity index (χ0) is 19.8. The van der Waals surface area contributed by atoms with Crippen molar-refractivity contribution in [1.82, 2.24) is 19.9 Å². The number of ether oxygens (including phenoxy) is 1. The van der Waals surface area contributed by atoms with E-state index in [9.17, 15) is 14.4 Å². The van der Waals surface area contributed by atoms with Gasteiger partial charge in [0.15, 0.2) is 5.65 Å². The lowest BCUT2D eigenvalue weighted by molar-refractivity contribution is 0.0488. The Hall–Kier alpha value is -2.35. The Morgan fingerprint density at radius 1 is 1.30 bits per heavy atom. The number of carbonyl (C=O) groups is 1. The molecule has 0 radical (unpaired) electrons. The van der Waals surface area contributed by atoms with Gasteiger partial charge in [-0.2, -0.15) is 0 Å². The zero-order valence-electron chi connectivity index (χ0n) is 15.5. The van der Waals surface area contributed by atoms with Crippen LogP contribution in [0.3, 0.4) is 0 Å². The molecular weight excluding hydrogens is 372 g/mol. The molecule has 8 nitrogen and oxygen atoms in total. The zero-order valence-corrected chi connectivity index (χ0v) is 16.3. The topological polar surface area (TPSA) is 106 Å². The molecule has 1 aliphatic rings. The van der Waals surface area contributed by atoms with Crippen molar-refractivity contribution in [1.29, 1.82) is 0 Å². The Kier molecular flexibility index (Phi) is 5.28. The fourth-order valence-corrected chi connectivity index (χ4v) is 3.55. The summed E-state index contributed by atoms with van der Waals surface area (Å²) in [6.45, 7) is 5.44. The van der Waals surface area contributed by atoms with Crippen LogP contribution < -0.4 is 16.4 Å². The van der Waals surface area contributed by atoms with Crippen molar-refractivity contribution in [3.8, 4) is 0 Å². The molecule has 1 saturated carbocycles. The molecule has 3 rings (SSSR count). The van der Waals surface area contributed by atoms with E-state index in [1.807, 2.05) is 20.8 Å². The number of nitrogens with one attached hydrogen (secondary N) is 2. The Balaban J connectivity index is 1.77. The molecule has 2 aromatic heterocycles. The highest BCUT2D eigenvalue weighted by molar-refractivity contribution is 6.30. The van der Waals surface area contributed by atoms with Gasteiger partial charge in [-0.05, 0) is 52.5 Å². The average molecular weight is 395 g/mol. The second-order valence-corrected chi connectivity index (χ2v) is 8.24. The van der Waals surface area contributed by atoms with Crippen LogP contribution in [0.2, 0.25) is 5.02 Å². The van der Waals surface area contributed by atoms with Crippen LogP contribution in [0, 0.1) is 0 Å². The van der Waals surface area contributed by atoms with Gasteiger partial charge in [-0.25, -0.2) is 9.78 Å². The highest BCUT2D eigenvalue weighted by atomic mass is 35.5. The van der Waals surface area contributed by atoms with E-state index in [2.05, 4.69) is 15.3 Å². The maximum absolute atomic E-state index is 12.4. The third-order valence-corrected chi connectivity index (χ3v) is 4.71. The lowest BCUT2D eigenvalue weighted by Gasteiger charge is -2.31. The number of pyridine rings is 1. The molecule has 0 bridgehead atoms. The molecule has 0 spiro atoms. The van der Waals surface area contributed by atoms with Gasteiger partial charge in [0.2, 0.25) is 0 Å². The van der Waals surface area contributed by atoms with E-state index in [-0.39, 0.29) is 12.1 Å². The Morgan fingerprint density at radius 3 is 2.59 bits per heavy atom. The SMILES string of the molecule is CC(C)(C)OC(=O)NC1CCC(n2c(=O)c(=O)[nH]c3cc(Cl)cnc32)CC1. The Morgan fingerprint density at radius 2 is 1.96 bits per heavy atom. The van der Waals surface area contributed by atoms with Gasteiger partial charge >= 0.3 is 17.2 Å². The summed E-state index contributed by atoms with van der Waals surface area (Å²) in [6, 6.07) is 1.40. The van der Waals surface area contributed by atoms with Gasteiger partial charge < -0.3 is 15.0 Å². The van der Waals surface area contributed by atoms with Crippen LogP contribution in [0.1, 0.15) is 52.5 Å². The standard InChI is InChI=1S/C18H23ClN4O4/c1-18(2,3)27-17(26)21-11-4-6-12(7-5-11)23-14-13(8-10(19)9-20-14)22-15(24)16(23)25/h8-9,11-12H,4-7H2,1-3H3,(H,21,26)(H,22,24). The van der Waals surface area contributed by atoms with Crippen molar-refractivity contribution in [3.05, 3.63) is 38.0 Å². The van der Waals surface area contributed by atoms with E-state index >= 15 is 0 Å². The van der Waals surface area contributed by atoms with Gasteiger partial charge in [0.05, 0.1) is 10.5 Å². The Bertz CT molecular complexity index is 968. The normalized spacial score (nSPS) is 20.4. The number of halogens is 1. The van der Waals surface area contributed by atoms with Crippen LogP contribution in [0.5, 0.6) is 0 Å². The van der Waals surface area contributed by atoms with Gasteiger partial charge in [0, 0.05) is 18.3 Å². The van der Waals surface area contributed by atoms with Crippen molar-refractivity contribution >= 4 is 28.9 Å². The molecule has 27 heavy (non-hydrogen) atoms. The van der Waals surface area contributed by atoms with Crippen LogP contribution >= 0.6 is 11.6 Å². The van der Waals surface area contributed by atoms with E-state index < -0.39 is 22.8 Å². The largest absolute Gasteiger partial charge is 0.444 e. The number of aromatic amines is 1. The predicted molar refractivity (Wildman–Crippen MR) is 102 cm³/mol. The second-order valence-electron chi connectivity index (χ2n) is 7.81. The minimum atomic E-state index is -0.694. The quantitative estimate of drug-likeness (QED) is 0.762. The predicted octanol–water partition coefficient (Wildman–Crippen LogP) is 2.75. The van der Waals surface area contributed by atoms with Gasteiger partial charge in [-0.1, -0.05) is 11.6 Å². The molecule has 146 valence electrons. The number of aromatic nitrogens is 3. The minimum Gasteiger partial charge on any atom is -0.444 e. The van der Waals surface area contributed by atoms with E-state index in [0.29, 0.717) is 41.9 Å².